The third kappa shape index (κ3) is 5.75. The van der Waals surface area contributed by atoms with E-state index in [4.69, 9.17) is 5.73 Å². The highest BCUT2D eigenvalue weighted by atomic mass is 32.1. The number of thiophene rings is 1. The summed E-state index contributed by atoms with van der Waals surface area (Å²) in [7, 11) is 0. The van der Waals surface area contributed by atoms with Gasteiger partial charge in [-0.05, 0) is 50.0 Å². The number of hydrogen-bond donors (Lipinski definition) is 1. The average Bonchev–Trinajstić information content (AvgIpc) is 2.71. The molecule has 1 unspecified atom stereocenters. The number of nitrogens with two attached hydrogens (primary N) is 1. The third-order valence-corrected chi connectivity index (χ3v) is 3.50. The zero-order valence-corrected chi connectivity index (χ0v) is 10.1. The third-order valence-electron chi connectivity index (χ3n) is 2.56. The molecule has 1 nitrogen and oxygen atoms in total. The van der Waals surface area contributed by atoms with Gasteiger partial charge in [0.25, 0.3) is 0 Å². The van der Waals surface area contributed by atoms with Crippen molar-refractivity contribution in [1.29, 1.82) is 0 Å². The van der Waals surface area contributed by atoms with Crippen molar-refractivity contribution in [3.8, 4) is 0 Å². The molecule has 15 heavy (non-hydrogen) atoms. The second-order valence-electron chi connectivity index (χ2n) is 3.95. The zero-order chi connectivity index (χ0) is 10.9. The zero-order valence-electron chi connectivity index (χ0n) is 9.32. The van der Waals surface area contributed by atoms with Crippen molar-refractivity contribution in [1.82, 2.24) is 0 Å². The van der Waals surface area contributed by atoms with Crippen LogP contribution in [0.5, 0.6) is 0 Å². The van der Waals surface area contributed by atoms with E-state index < -0.39 is 0 Å². The Balaban J connectivity index is 2.01. The van der Waals surface area contributed by atoms with E-state index in [2.05, 4.69) is 24.1 Å². The first kappa shape index (κ1) is 12.5. The molecular formula is C13H21NS. The summed E-state index contributed by atoms with van der Waals surface area (Å²) in [5.41, 5.74) is 6.02. The van der Waals surface area contributed by atoms with Crippen molar-refractivity contribution >= 4 is 11.3 Å². The Morgan fingerprint density at radius 2 is 2.20 bits per heavy atom. The monoisotopic (exact) mass is 223 g/mol. The first-order valence-corrected chi connectivity index (χ1v) is 6.59. The average molecular weight is 223 g/mol. The van der Waals surface area contributed by atoms with Crippen molar-refractivity contribution < 1.29 is 0 Å². The van der Waals surface area contributed by atoms with Crippen LogP contribution in [0.2, 0.25) is 0 Å². The summed E-state index contributed by atoms with van der Waals surface area (Å²) in [5.74, 6) is 0. The Kier molecular flexibility index (Phi) is 6.37. The lowest BCUT2D eigenvalue weighted by Crippen LogP contribution is -2.19. The van der Waals surface area contributed by atoms with Gasteiger partial charge in [-0.25, -0.2) is 0 Å². The molecule has 84 valence electrons. The van der Waals surface area contributed by atoms with Crippen LogP contribution >= 0.6 is 11.3 Å². The van der Waals surface area contributed by atoms with Crippen LogP contribution in [0.4, 0.5) is 0 Å². The maximum Gasteiger partial charge on any atom is 0.00452 e. The van der Waals surface area contributed by atoms with Crippen molar-refractivity contribution in [3.63, 3.8) is 0 Å². The molecular weight excluding hydrogens is 202 g/mol. The summed E-state index contributed by atoms with van der Waals surface area (Å²) in [6.07, 6.45) is 8.94. The van der Waals surface area contributed by atoms with E-state index in [1.54, 1.807) is 0 Å². The van der Waals surface area contributed by atoms with Gasteiger partial charge in [0.1, 0.15) is 0 Å². The molecule has 0 amide bonds. The highest BCUT2D eigenvalue weighted by molar-refractivity contribution is 7.09. The fraction of sp³-hybridized carbons (Fsp3) is 0.538. The van der Waals surface area contributed by atoms with Crippen LogP contribution in [-0.4, -0.2) is 6.04 Å². The number of unbranched alkanes of at least 4 members (excludes halogenated alkanes) is 1. The van der Waals surface area contributed by atoms with Gasteiger partial charge in [-0.1, -0.05) is 12.1 Å². The summed E-state index contributed by atoms with van der Waals surface area (Å²) < 4.78 is 0. The Bertz CT molecular complexity index is 254. The highest BCUT2D eigenvalue weighted by Crippen LogP contribution is 2.13. The van der Waals surface area contributed by atoms with Gasteiger partial charge in [-0.3, -0.25) is 0 Å². The van der Waals surface area contributed by atoms with Gasteiger partial charge >= 0.3 is 0 Å². The maximum absolute atomic E-state index is 6.02. The van der Waals surface area contributed by atoms with E-state index in [1.165, 1.54) is 24.1 Å². The van der Waals surface area contributed by atoms with Gasteiger partial charge in [-0.15, -0.1) is 17.9 Å². The second kappa shape index (κ2) is 7.66. The van der Waals surface area contributed by atoms with Crippen molar-refractivity contribution in [2.75, 3.05) is 0 Å². The van der Waals surface area contributed by atoms with Gasteiger partial charge < -0.3 is 5.73 Å². The van der Waals surface area contributed by atoms with Gasteiger partial charge in [0, 0.05) is 10.9 Å². The van der Waals surface area contributed by atoms with E-state index in [9.17, 15) is 0 Å². The van der Waals surface area contributed by atoms with E-state index in [-0.39, 0.29) is 0 Å². The Labute approximate surface area is 97.0 Å². The van der Waals surface area contributed by atoms with E-state index >= 15 is 0 Å². The fourth-order valence-corrected chi connectivity index (χ4v) is 2.41. The minimum atomic E-state index is 0.380. The lowest BCUT2D eigenvalue weighted by Gasteiger charge is -2.09. The first-order chi connectivity index (χ1) is 7.33. The van der Waals surface area contributed by atoms with Crippen LogP contribution in [0, 0.1) is 0 Å². The first-order valence-electron chi connectivity index (χ1n) is 5.72. The van der Waals surface area contributed by atoms with Crippen LogP contribution in [0.25, 0.3) is 0 Å². The van der Waals surface area contributed by atoms with Crippen LogP contribution in [0.3, 0.4) is 0 Å². The molecule has 1 atom stereocenters. The molecule has 0 saturated heterocycles. The molecule has 0 radical (unpaired) electrons. The SMILES string of the molecule is C=CCCCC(N)CCCc1cccs1. The standard InChI is InChI=1S/C13H21NS/c1-2-3-4-7-12(14)8-5-9-13-10-6-11-15-13/h2,6,10-12H,1,3-5,7-9,14H2. The molecule has 0 fully saturated rings. The predicted molar refractivity (Wildman–Crippen MR) is 69.3 cm³/mol. The molecule has 0 bridgehead atoms. The number of allylic oxidation sites excluding steroid dienone is 1. The molecule has 0 spiro atoms. The van der Waals surface area contributed by atoms with Gasteiger partial charge in [0.15, 0.2) is 0 Å². The van der Waals surface area contributed by atoms with Crippen molar-refractivity contribution in [2.45, 2.75) is 44.6 Å². The van der Waals surface area contributed by atoms with Gasteiger partial charge in [-0.2, -0.15) is 0 Å². The van der Waals surface area contributed by atoms with Gasteiger partial charge in [0.2, 0.25) is 0 Å². The number of aryl methyl sites for hydroxylation is 1. The quantitative estimate of drug-likeness (QED) is 0.527. The topological polar surface area (TPSA) is 26.0 Å². The molecule has 0 aromatic carbocycles. The number of hydrogen-bond acceptors (Lipinski definition) is 2. The van der Waals surface area contributed by atoms with E-state index in [0.29, 0.717) is 6.04 Å². The summed E-state index contributed by atoms with van der Waals surface area (Å²) in [4.78, 5) is 1.48. The smallest absolute Gasteiger partial charge is 0.00452 e. The molecule has 0 aliphatic rings. The summed E-state index contributed by atoms with van der Waals surface area (Å²) in [6.45, 7) is 3.71. The predicted octanol–water partition coefficient (Wildman–Crippen LogP) is 3.75. The highest BCUT2D eigenvalue weighted by Gasteiger charge is 2.02. The Morgan fingerprint density at radius 3 is 2.87 bits per heavy atom. The normalized spacial score (nSPS) is 12.6. The maximum atomic E-state index is 6.02. The molecule has 1 heterocycles. The van der Waals surface area contributed by atoms with E-state index in [0.717, 1.165) is 19.3 Å². The Morgan fingerprint density at radius 1 is 1.40 bits per heavy atom. The number of rotatable bonds is 8. The van der Waals surface area contributed by atoms with Crippen LogP contribution in [0.1, 0.15) is 37.0 Å². The molecule has 0 aliphatic heterocycles. The summed E-state index contributed by atoms with van der Waals surface area (Å²) >= 11 is 1.84. The lowest BCUT2D eigenvalue weighted by atomic mass is 10.0. The molecule has 1 rings (SSSR count). The van der Waals surface area contributed by atoms with E-state index in [1.807, 2.05) is 17.4 Å². The second-order valence-corrected chi connectivity index (χ2v) is 4.98. The Hall–Kier alpha value is -0.600. The largest absolute Gasteiger partial charge is 0.328 e. The molecule has 1 aromatic rings. The van der Waals surface area contributed by atoms with Crippen LogP contribution in [-0.2, 0) is 6.42 Å². The minimum Gasteiger partial charge on any atom is -0.328 e. The molecule has 0 aliphatic carbocycles. The molecule has 2 N–H and O–H groups in total. The minimum absolute atomic E-state index is 0.380. The fourth-order valence-electron chi connectivity index (χ4n) is 1.66. The summed E-state index contributed by atoms with van der Waals surface area (Å²) in [5, 5.41) is 2.14. The van der Waals surface area contributed by atoms with Crippen molar-refractivity contribution in [3.05, 3.63) is 35.0 Å². The molecule has 0 saturated carbocycles. The van der Waals surface area contributed by atoms with Crippen LogP contribution < -0.4 is 5.73 Å². The lowest BCUT2D eigenvalue weighted by molar-refractivity contribution is 0.531. The molecule has 1 aromatic heterocycles. The van der Waals surface area contributed by atoms with Crippen LogP contribution in [0.15, 0.2) is 30.2 Å². The summed E-state index contributed by atoms with van der Waals surface area (Å²) in [6, 6.07) is 4.70. The van der Waals surface area contributed by atoms with Gasteiger partial charge in [0.05, 0.1) is 0 Å². The van der Waals surface area contributed by atoms with Crippen molar-refractivity contribution in [2.24, 2.45) is 5.73 Å². The molecule has 2 heteroatoms.